The Morgan fingerprint density at radius 1 is 1.39 bits per heavy atom. The molecule has 0 N–H and O–H groups in total. The van der Waals surface area contributed by atoms with E-state index in [9.17, 15) is 9.18 Å². The van der Waals surface area contributed by atoms with Crippen molar-refractivity contribution < 1.29 is 13.9 Å². The van der Waals surface area contributed by atoms with Crippen LogP contribution in [-0.4, -0.2) is 31.4 Å². The van der Waals surface area contributed by atoms with Crippen LogP contribution in [0.15, 0.2) is 23.2 Å². The van der Waals surface area contributed by atoms with Crippen molar-refractivity contribution in [1.82, 2.24) is 0 Å². The molecular weight excluding hydrogens is 235 g/mol. The van der Waals surface area contributed by atoms with Gasteiger partial charge in [-0.25, -0.2) is 9.18 Å². The van der Waals surface area contributed by atoms with Crippen LogP contribution in [-0.2, 0) is 9.53 Å². The maximum absolute atomic E-state index is 13.9. The second-order valence-electron chi connectivity index (χ2n) is 4.50. The van der Waals surface area contributed by atoms with Crippen molar-refractivity contribution in [3.8, 4) is 0 Å². The summed E-state index contributed by atoms with van der Waals surface area (Å²) in [6, 6.07) is 4.48. The summed E-state index contributed by atoms with van der Waals surface area (Å²) in [5.41, 5.74) is 0.794. The highest BCUT2D eigenvalue weighted by molar-refractivity contribution is 5.57. The van der Waals surface area contributed by atoms with E-state index >= 15 is 0 Å². The van der Waals surface area contributed by atoms with Crippen molar-refractivity contribution in [1.29, 1.82) is 0 Å². The SMILES string of the molecule is CC1CN(c2ccc(N=C=O)cc2F)CC(C)O1. The number of morpholine rings is 1. The maximum atomic E-state index is 13.9. The molecule has 0 saturated carbocycles. The highest BCUT2D eigenvalue weighted by Crippen LogP contribution is 2.26. The summed E-state index contributed by atoms with van der Waals surface area (Å²) in [4.78, 5) is 15.5. The van der Waals surface area contributed by atoms with Gasteiger partial charge in [-0.2, -0.15) is 4.99 Å². The third-order valence-electron chi connectivity index (χ3n) is 2.87. The molecule has 0 radical (unpaired) electrons. The topological polar surface area (TPSA) is 41.9 Å². The van der Waals surface area contributed by atoms with Crippen LogP contribution in [0.1, 0.15) is 13.8 Å². The molecular formula is C13H15FN2O2. The molecule has 1 aromatic rings. The van der Waals surface area contributed by atoms with Gasteiger partial charge in [-0.15, -0.1) is 0 Å². The van der Waals surface area contributed by atoms with Gasteiger partial charge in [0.1, 0.15) is 5.82 Å². The van der Waals surface area contributed by atoms with Gasteiger partial charge in [0.25, 0.3) is 0 Å². The Hall–Kier alpha value is -1.71. The van der Waals surface area contributed by atoms with Gasteiger partial charge in [0.2, 0.25) is 6.08 Å². The summed E-state index contributed by atoms with van der Waals surface area (Å²) in [6.07, 6.45) is 1.54. The first-order valence-electron chi connectivity index (χ1n) is 5.88. The zero-order chi connectivity index (χ0) is 13.1. The molecule has 0 spiro atoms. The Kier molecular flexibility index (Phi) is 3.75. The first-order chi connectivity index (χ1) is 8.60. The number of anilines is 1. The van der Waals surface area contributed by atoms with E-state index in [-0.39, 0.29) is 23.7 Å². The molecule has 2 unspecified atom stereocenters. The van der Waals surface area contributed by atoms with E-state index < -0.39 is 0 Å². The number of aliphatic imine (C=N–C) groups is 1. The van der Waals surface area contributed by atoms with Crippen LogP contribution in [0.25, 0.3) is 0 Å². The van der Waals surface area contributed by atoms with Gasteiger partial charge >= 0.3 is 0 Å². The van der Waals surface area contributed by atoms with Crippen LogP contribution < -0.4 is 4.90 Å². The molecule has 1 aromatic carbocycles. The lowest BCUT2D eigenvalue weighted by Gasteiger charge is -2.36. The van der Waals surface area contributed by atoms with Crippen molar-refractivity contribution in [2.75, 3.05) is 18.0 Å². The molecule has 18 heavy (non-hydrogen) atoms. The predicted octanol–water partition coefficient (Wildman–Crippen LogP) is 2.41. The maximum Gasteiger partial charge on any atom is 0.240 e. The van der Waals surface area contributed by atoms with E-state index in [0.29, 0.717) is 18.8 Å². The number of ether oxygens (including phenoxy) is 1. The van der Waals surface area contributed by atoms with Gasteiger partial charge in [0.15, 0.2) is 0 Å². The monoisotopic (exact) mass is 250 g/mol. The fourth-order valence-corrected chi connectivity index (χ4v) is 2.25. The molecule has 4 nitrogen and oxygen atoms in total. The Labute approximate surface area is 105 Å². The minimum absolute atomic E-state index is 0.0702. The molecule has 1 saturated heterocycles. The zero-order valence-electron chi connectivity index (χ0n) is 10.4. The normalized spacial score (nSPS) is 23.6. The summed E-state index contributed by atoms with van der Waals surface area (Å²) in [5, 5.41) is 0. The molecule has 5 heteroatoms. The van der Waals surface area contributed by atoms with Crippen LogP contribution in [0.3, 0.4) is 0 Å². The Morgan fingerprint density at radius 3 is 2.61 bits per heavy atom. The summed E-state index contributed by atoms with van der Waals surface area (Å²) in [7, 11) is 0. The number of halogens is 1. The molecule has 1 aliphatic rings. The van der Waals surface area contributed by atoms with E-state index in [1.54, 1.807) is 12.1 Å². The van der Waals surface area contributed by atoms with Crippen LogP contribution in [0.5, 0.6) is 0 Å². The predicted molar refractivity (Wildman–Crippen MR) is 66.4 cm³/mol. The lowest BCUT2D eigenvalue weighted by Crippen LogP contribution is -2.45. The van der Waals surface area contributed by atoms with Crippen molar-refractivity contribution in [3.63, 3.8) is 0 Å². The molecule has 1 fully saturated rings. The highest BCUT2D eigenvalue weighted by atomic mass is 19.1. The minimum atomic E-state index is -0.382. The Morgan fingerprint density at radius 2 is 2.06 bits per heavy atom. The van der Waals surface area contributed by atoms with Gasteiger partial charge < -0.3 is 9.64 Å². The first kappa shape index (κ1) is 12.7. The number of isocyanates is 1. The molecule has 0 amide bonds. The van der Waals surface area contributed by atoms with Crippen LogP contribution in [0.2, 0.25) is 0 Å². The van der Waals surface area contributed by atoms with Crippen molar-refractivity contribution in [3.05, 3.63) is 24.0 Å². The van der Waals surface area contributed by atoms with Gasteiger partial charge in [-0.05, 0) is 26.0 Å². The fraction of sp³-hybridized carbons (Fsp3) is 0.462. The summed E-state index contributed by atoms with van der Waals surface area (Å²) >= 11 is 0. The number of benzene rings is 1. The first-order valence-corrected chi connectivity index (χ1v) is 5.88. The van der Waals surface area contributed by atoms with Gasteiger partial charge in [0.05, 0.1) is 23.6 Å². The van der Waals surface area contributed by atoms with E-state index in [0.717, 1.165) is 0 Å². The summed E-state index contributed by atoms with van der Waals surface area (Å²) < 4.78 is 19.5. The van der Waals surface area contributed by atoms with E-state index in [4.69, 9.17) is 4.74 Å². The molecule has 0 bridgehead atoms. The Bertz CT molecular complexity index is 476. The van der Waals surface area contributed by atoms with Gasteiger partial charge in [-0.3, -0.25) is 0 Å². The minimum Gasteiger partial charge on any atom is -0.372 e. The van der Waals surface area contributed by atoms with Crippen molar-refractivity contribution in [2.45, 2.75) is 26.1 Å². The number of rotatable bonds is 2. The smallest absolute Gasteiger partial charge is 0.240 e. The molecule has 2 rings (SSSR count). The third kappa shape index (κ3) is 2.75. The number of hydrogen-bond donors (Lipinski definition) is 0. The number of hydrogen-bond acceptors (Lipinski definition) is 4. The summed E-state index contributed by atoms with van der Waals surface area (Å²) in [5.74, 6) is -0.382. The average Bonchev–Trinajstić information content (AvgIpc) is 2.28. The molecule has 96 valence electrons. The largest absolute Gasteiger partial charge is 0.372 e. The number of carbonyl (C=O) groups excluding carboxylic acids is 1. The highest BCUT2D eigenvalue weighted by Gasteiger charge is 2.24. The second kappa shape index (κ2) is 5.29. The third-order valence-corrected chi connectivity index (χ3v) is 2.87. The van der Waals surface area contributed by atoms with Crippen LogP contribution in [0.4, 0.5) is 15.8 Å². The van der Waals surface area contributed by atoms with E-state index in [2.05, 4.69) is 4.99 Å². The molecule has 2 atom stereocenters. The van der Waals surface area contributed by atoms with Crippen molar-refractivity contribution in [2.24, 2.45) is 4.99 Å². The standard InChI is InChI=1S/C13H15FN2O2/c1-9-6-16(7-10(2)18-9)13-4-3-11(15-8-17)5-12(13)14/h3-5,9-10H,6-7H2,1-2H3. The average molecular weight is 250 g/mol. The quantitative estimate of drug-likeness (QED) is 0.598. The second-order valence-corrected chi connectivity index (χ2v) is 4.50. The molecule has 1 heterocycles. The lowest BCUT2D eigenvalue weighted by atomic mass is 10.2. The Balaban J connectivity index is 2.25. The van der Waals surface area contributed by atoms with E-state index in [1.807, 2.05) is 18.7 Å². The van der Waals surface area contributed by atoms with Gasteiger partial charge in [0, 0.05) is 19.2 Å². The lowest BCUT2D eigenvalue weighted by molar-refractivity contribution is -0.00539. The van der Waals surface area contributed by atoms with E-state index in [1.165, 1.54) is 12.1 Å². The summed E-state index contributed by atoms with van der Waals surface area (Å²) in [6.45, 7) is 5.23. The van der Waals surface area contributed by atoms with Crippen LogP contribution >= 0.6 is 0 Å². The number of nitrogens with zero attached hydrogens (tertiary/aromatic N) is 2. The zero-order valence-corrected chi connectivity index (χ0v) is 10.4. The van der Waals surface area contributed by atoms with Gasteiger partial charge in [-0.1, -0.05) is 0 Å². The van der Waals surface area contributed by atoms with Crippen molar-refractivity contribution >= 4 is 17.5 Å². The fourth-order valence-electron chi connectivity index (χ4n) is 2.25. The molecule has 0 aromatic heterocycles. The molecule has 0 aliphatic carbocycles. The van der Waals surface area contributed by atoms with Crippen LogP contribution in [0, 0.1) is 5.82 Å². The molecule has 1 aliphatic heterocycles.